The van der Waals surface area contributed by atoms with E-state index in [4.69, 9.17) is 23.2 Å². The van der Waals surface area contributed by atoms with Gasteiger partial charge in [0.2, 0.25) is 0 Å². The molecule has 0 fully saturated rings. The summed E-state index contributed by atoms with van der Waals surface area (Å²) in [6.45, 7) is 0. The Morgan fingerprint density at radius 1 is 1.24 bits per heavy atom. The number of carbonyl (C=O) groups is 1. The van der Waals surface area contributed by atoms with Crippen LogP contribution in [0.1, 0.15) is 10.5 Å². The topological polar surface area (TPSA) is 68.0 Å². The Morgan fingerprint density at radius 3 is 2.67 bits per heavy atom. The van der Waals surface area contributed by atoms with E-state index in [2.05, 4.69) is 10.1 Å². The summed E-state index contributed by atoms with van der Waals surface area (Å²) in [6, 6.07) is 6.77. The van der Waals surface area contributed by atoms with Gasteiger partial charge in [0.05, 0.1) is 5.39 Å². The molecule has 0 bridgehead atoms. The Bertz CT molecular complexity index is 874. The third kappa shape index (κ3) is 2.24. The molecule has 3 aromatic rings. The van der Waals surface area contributed by atoms with Crippen LogP contribution < -0.4 is 0 Å². The smallest absolute Gasteiger partial charge is 0.357 e. The highest BCUT2D eigenvalue weighted by atomic mass is 35.5. The van der Waals surface area contributed by atoms with E-state index in [1.807, 2.05) is 0 Å². The number of aromatic nitrogens is 3. The van der Waals surface area contributed by atoms with Gasteiger partial charge in [-0.1, -0.05) is 29.3 Å². The number of fused-ring (bicyclic) bond motifs is 1. The molecule has 0 radical (unpaired) electrons. The molecule has 0 amide bonds. The Hall–Kier alpha value is -2.11. The molecule has 3 rings (SSSR count). The molecule has 0 aliphatic carbocycles. The van der Waals surface area contributed by atoms with Gasteiger partial charge in [0.1, 0.15) is 0 Å². The van der Waals surface area contributed by atoms with Gasteiger partial charge < -0.3 is 5.11 Å². The summed E-state index contributed by atoms with van der Waals surface area (Å²) in [6.07, 6.45) is 1.59. The van der Waals surface area contributed by atoms with Crippen LogP contribution >= 0.6 is 23.2 Å². The van der Waals surface area contributed by atoms with Crippen LogP contribution in [0.2, 0.25) is 10.0 Å². The van der Waals surface area contributed by atoms with Crippen molar-refractivity contribution >= 4 is 40.2 Å². The second-order valence-corrected chi connectivity index (χ2v) is 5.30. The molecular formula is C14H9Cl2N3O2. The van der Waals surface area contributed by atoms with Gasteiger partial charge in [-0.3, -0.25) is 0 Å². The van der Waals surface area contributed by atoms with E-state index in [-0.39, 0.29) is 5.69 Å². The number of hydrogen-bond acceptors (Lipinski definition) is 3. The van der Waals surface area contributed by atoms with Crippen molar-refractivity contribution in [1.29, 1.82) is 0 Å². The summed E-state index contributed by atoms with van der Waals surface area (Å²) >= 11 is 12.1. The average molecular weight is 322 g/mol. The van der Waals surface area contributed by atoms with Crippen LogP contribution in [0, 0.1) is 0 Å². The van der Waals surface area contributed by atoms with Gasteiger partial charge in [-0.05, 0) is 23.8 Å². The van der Waals surface area contributed by atoms with Crippen LogP contribution in [0.25, 0.3) is 22.2 Å². The fraction of sp³-hybridized carbons (Fsp3) is 0.0714. The number of rotatable bonds is 2. The molecule has 0 saturated heterocycles. The standard InChI is InChI=1S/C14H9Cl2N3O2/c1-19-13-11(12(18-19)14(20)21)9(4-5-17-13)8-3-2-7(15)6-10(8)16/h2-6H,1H3,(H,20,21). The molecular weight excluding hydrogens is 313 g/mol. The van der Waals surface area contributed by atoms with Gasteiger partial charge in [-0.15, -0.1) is 0 Å². The summed E-state index contributed by atoms with van der Waals surface area (Å²) in [7, 11) is 1.65. The van der Waals surface area contributed by atoms with Crippen molar-refractivity contribution in [3.63, 3.8) is 0 Å². The second-order valence-electron chi connectivity index (χ2n) is 4.46. The lowest BCUT2D eigenvalue weighted by atomic mass is 10.0. The quantitative estimate of drug-likeness (QED) is 0.782. The molecule has 0 atom stereocenters. The number of aryl methyl sites for hydroxylation is 1. The molecule has 2 aromatic heterocycles. The molecule has 21 heavy (non-hydrogen) atoms. The lowest BCUT2D eigenvalue weighted by molar-refractivity contribution is 0.0691. The predicted octanol–water partition coefficient (Wildman–Crippen LogP) is 3.64. The zero-order chi connectivity index (χ0) is 15.1. The van der Waals surface area contributed by atoms with Crippen LogP contribution in [0.3, 0.4) is 0 Å². The van der Waals surface area contributed by atoms with Crippen molar-refractivity contribution < 1.29 is 9.90 Å². The van der Waals surface area contributed by atoms with E-state index in [0.29, 0.717) is 32.2 Å². The molecule has 2 heterocycles. The van der Waals surface area contributed by atoms with Crippen molar-refractivity contribution in [1.82, 2.24) is 14.8 Å². The van der Waals surface area contributed by atoms with Gasteiger partial charge in [0.15, 0.2) is 11.3 Å². The Kier molecular flexibility index (Phi) is 3.31. The highest BCUT2D eigenvalue weighted by Crippen LogP contribution is 2.35. The number of nitrogens with zero attached hydrogens (tertiary/aromatic N) is 3. The van der Waals surface area contributed by atoms with E-state index < -0.39 is 5.97 Å². The van der Waals surface area contributed by atoms with Crippen LogP contribution in [-0.2, 0) is 7.05 Å². The minimum Gasteiger partial charge on any atom is -0.476 e. The minimum atomic E-state index is -1.11. The highest BCUT2D eigenvalue weighted by Gasteiger charge is 2.20. The number of carboxylic acids is 1. The van der Waals surface area contributed by atoms with Crippen molar-refractivity contribution in [2.24, 2.45) is 7.05 Å². The zero-order valence-corrected chi connectivity index (χ0v) is 12.4. The average Bonchev–Trinajstić information content (AvgIpc) is 2.77. The summed E-state index contributed by atoms with van der Waals surface area (Å²) in [4.78, 5) is 15.6. The Morgan fingerprint density at radius 2 is 2.00 bits per heavy atom. The second kappa shape index (κ2) is 5.02. The van der Waals surface area contributed by atoms with Gasteiger partial charge in [0.25, 0.3) is 0 Å². The number of hydrogen-bond donors (Lipinski definition) is 1. The molecule has 5 nitrogen and oxygen atoms in total. The third-order valence-electron chi connectivity index (χ3n) is 3.15. The normalized spacial score (nSPS) is 11.0. The summed E-state index contributed by atoms with van der Waals surface area (Å²) < 4.78 is 1.44. The molecule has 0 spiro atoms. The number of carboxylic acid groups (broad SMARTS) is 1. The van der Waals surface area contributed by atoms with Crippen molar-refractivity contribution in [3.05, 3.63) is 46.2 Å². The van der Waals surface area contributed by atoms with Gasteiger partial charge in [0, 0.05) is 28.9 Å². The van der Waals surface area contributed by atoms with Gasteiger partial charge in [-0.2, -0.15) is 5.10 Å². The Labute approximate surface area is 129 Å². The Balaban J connectivity index is 2.40. The van der Waals surface area contributed by atoms with E-state index in [1.165, 1.54) is 4.68 Å². The highest BCUT2D eigenvalue weighted by molar-refractivity contribution is 6.36. The van der Waals surface area contributed by atoms with E-state index >= 15 is 0 Å². The minimum absolute atomic E-state index is 0.0541. The van der Waals surface area contributed by atoms with Gasteiger partial charge >= 0.3 is 5.97 Å². The fourth-order valence-electron chi connectivity index (χ4n) is 2.26. The van der Waals surface area contributed by atoms with Crippen LogP contribution in [0.15, 0.2) is 30.5 Å². The molecule has 0 aliphatic rings. The number of benzene rings is 1. The first-order valence-corrected chi connectivity index (χ1v) is 6.75. The van der Waals surface area contributed by atoms with Gasteiger partial charge in [-0.25, -0.2) is 14.5 Å². The molecule has 7 heteroatoms. The third-order valence-corrected chi connectivity index (χ3v) is 3.70. The number of aromatic carboxylic acids is 1. The first-order chi connectivity index (χ1) is 9.99. The number of halogens is 2. The number of pyridine rings is 1. The van der Waals surface area contributed by atoms with E-state index in [9.17, 15) is 9.90 Å². The summed E-state index contributed by atoms with van der Waals surface area (Å²) in [5, 5.41) is 14.7. The molecule has 1 aromatic carbocycles. The molecule has 0 saturated carbocycles. The van der Waals surface area contributed by atoms with Crippen molar-refractivity contribution in [2.75, 3.05) is 0 Å². The lowest BCUT2D eigenvalue weighted by Crippen LogP contribution is -1.99. The van der Waals surface area contributed by atoms with Crippen LogP contribution in [0.5, 0.6) is 0 Å². The SMILES string of the molecule is Cn1nc(C(=O)O)c2c(-c3ccc(Cl)cc3Cl)ccnc21. The summed E-state index contributed by atoms with van der Waals surface area (Å²) in [5.41, 5.74) is 1.77. The fourth-order valence-corrected chi connectivity index (χ4v) is 2.77. The maximum Gasteiger partial charge on any atom is 0.357 e. The lowest BCUT2D eigenvalue weighted by Gasteiger charge is -2.07. The van der Waals surface area contributed by atoms with Crippen LogP contribution in [0.4, 0.5) is 0 Å². The molecule has 1 N–H and O–H groups in total. The monoisotopic (exact) mass is 321 g/mol. The van der Waals surface area contributed by atoms with E-state index in [1.54, 1.807) is 37.5 Å². The first kappa shape index (κ1) is 13.9. The predicted molar refractivity (Wildman–Crippen MR) is 80.9 cm³/mol. The zero-order valence-electron chi connectivity index (χ0n) is 10.8. The molecule has 0 unspecified atom stereocenters. The first-order valence-electron chi connectivity index (χ1n) is 5.99. The maximum absolute atomic E-state index is 11.4. The summed E-state index contributed by atoms with van der Waals surface area (Å²) in [5.74, 6) is -1.11. The van der Waals surface area contributed by atoms with Crippen LogP contribution in [-0.4, -0.2) is 25.8 Å². The maximum atomic E-state index is 11.4. The molecule has 0 aliphatic heterocycles. The van der Waals surface area contributed by atoms with Crippen molar-refractivity contribution in [2.45, 2.75) is 0 Å². The van der Waals surface area contributed by atoms with E-state index in [0.717, 1.165) is 0 Å². The molecule has 106 valence electrons. The largest absolute Gasteiger partial charge is 0.476 e. The van der Waals surface area contributed by atoms with Crippen molar-refractivity contribution in [3.8, 4) is 11.1 Å².